The summed E-state index contributed by atoms with van der Waals surface area (Å²) >= 11 is 0. The van der Waals surface area contributed by atoms with Crippen LogP contribution in [0.25, 0.3) is 16.6 Å². The molecular formula is C24H30N2O2. The summed E-state index contributed by atoms with van der Waals surface area (Å²) in [5.41, 5.74) is 5.16. The lowest BCUT2D eigenvalue weighted by Gasteiger charge is -2.23. The largest absolute Gasteiger partial charge is 0.493 e. The molecule has 3 aromatic rings. The van der Waals surface area contributed by atoms with Gasteiger partial charge in [0.15, 0.2) is 11.5 Å². The maximum Gasteiger partial charge on any atom is 0.162 e. The second-order valence-corrected chi connectivity index (χ2v) is 7.97. The predicted molar refractivity (Wildman–Crippen MR) is 115 cm³/mol. The number of hydrogen-bond acceptors (Lipinski definition) is 3. The van der Waals surface area contributed by atoms with Crippen LogP contribution in [0.1, 0.15) is 49.7 Å². The van der Waals surface area contributed by atoms with Crippen LogP contribution in [-0.4, -0.2) is 31.9 Å². The second-order valence-electron chi connectivity index (χ2n) is 7.97. The molecule has 1 unspecified atom stereocenters. The van der Waals surface area contributed by atoms with Crippen molar-refractivity contribution >= 4 is 10.9 Å². The number of ether oxygens (including phenoxy) is 2. The lowest BCUT2D eigenvalue weighted by molar-refractivity contribution is 0.355. The van der Waals surface area contributed by atoms with E-state index in [9.17, 15) is 0 Å². The van der Waals surface area contributed by atoms with Crippen molar-refractivity contribution in [2.45, 2.75) is 38.5 Å². The van der Waals surface area contributed by atoms with Gasteiger partial charge >= 0.3 is 0 Å². The molecule has 4 rings (SSSR count). The van der Waals surface area contributed by atoms with E-state index in [4.69, 9.17) is 9.47 Å². The molecule has 2 aromatic carbocycles. The molecule has 0 saturated carbocycles. The minimum atomic E-state index is 0.462. The van der Waals surface area contributed by atoms with Gasteiger partial charge in [-0.25, -0.2) is 0 Å². The van der Waals surface area contributed by atoms with E-state index in [0.29, 0.717) is 11.8 Å². The number of nitrogens with one attached hydrogen (secondary N) is 1. The summed E-state index contributed by atoms with van der Waals surface area (Å²) in [6.07, 6.45) is 4.80. The maximum atomic E-state index is 5.52. The Balaban J connectivity index is 1.83. The molecule has 0 aliphatic carbocycles. The maximum absolute atomic E-state index is 5.52. The zero-order chi connectivity index (χ0) is 19.7. The highest BCUT2D eigenvalue weighted by atomic mass is 16.5. The minimum Gasteiger partial charge on any atom is -0.493 e. The van der Waals surface area contributed by atoms with Gasteiger partial charge < -0.3 is 19.4 Å². The smallest absolute Gasteiger partial charge is 0.162 e. The number of benzene rings is 2. The molecule has 1 aliphatic heterocycles. The summed E-state index contributed by atoms with van der Waals surface area (Å²) in [6, 6.07) is 13.1. The molecule has 0 bridgehead atoms. The van der Waals surface area contributed by atoms with Crippen LogP contribution in [0.5, 0.6) is 11.5 Å². The molecular weight excluding hydrogens is 348 g/mol. The lowest BCUT2D eigenvalue weighted by atomic mass is 9.90. The SMILES string of the molecule is COc1ccc(-n2cc(C(C)C)c3cc(C4CCCNC4)ccc32)cc1OC. The van der Waals surface area contributed by atoms with Gasteiger partial charge in [0.2, 0.25) is 0 Å². The van der Waals surface area contributed by atoms with E-state index in [1.54, 1.807) is 14.2 Å². The first-order chi connectivity index (χ1) is 13.6. The number of hydrogen-bond donors (Lipinski definition) is 1. The van der Waals surface area contributed by atoms with Crippen molar-refractivity contribution in [3.05, 3.63) is 53.7 Å². The number of fused-ring (bicyclic) bond motifs is 1. The van der Waals surface area contributed by atoms with Crippen LogP contribution in [0.2, 0.25) is 0 Å². The average Bonchev–Trinajstić information content (AvgIpc) is 3.13. The molecule has 0 spiro atoms. The second kappa shape index (κ2) is 7.88. The van der Waals surface area contributed by atoms with E-state index in [2.05, 4.69) is 54.2 Å². The first-order valence-electron chi connectivity index (χ1n) is 10.2. The lowest BCUT2D eigenvalue weighted by Crippen LogP contribution is -2.28. The fourth-order valence-electron chi connectivity index (χ4n) is 4.31. The molecule has 4 nitrogen and oxygen atoms in total. The standard InChI is InChI=1S/C24H30N2O2/c1-16(2)21-15-26(19-8-10-23(27-3)24(13-19)28-4)22-9-7-17(12-20(21)22)18-6-5-11-25-14-18/h7-10,12-13,15-16,18,25H,5-6,11,14H2,1-4H3. The molecule has 1 fully saturated rings. The molecule has 1 atom stereocenters. The first-order valence-corrected chi connectivity index (χ1v) is 10.2. The highest BCUT2D eigenvalue weighted by molar-refractivity contribution is 5.87. The molecule has 28 heavy (non-hydrogen) atoms. The van der Waals surface area contributed by atoms with Crippen LogP contribution >= 0.6 is 0 Å². The Morgan fingerprint density at radius 1 is 1.04 bits per heavy atom. The summed E-state index contributed by atoms with van der Waals surface area (Å²) in [5.74, 6) is 2.57. The van der Waals surface area contributed by atoms with Gasteiger partial charge in [-0.3, -0.25) is 0 Å². The fourth-order valence-corrected chi connectivity index (χ4v) is 4.31. The Morgan fingerprint density at radius 2 is 1.86 bits per heavy atom. The van der Waals surface area contributed by atoms with Gasteiger partial charge in [0.1, 0.15) is 0 Å². The highest BCUT2D eigenvalue weighted by Gasteiger charge is 2.19. The van der Waals surface area contributed by atoms with E-state index >= 15 is 0 Å². The number of rotatable bonds is 5. The Labute approximate surface area is 167 Å². The van der Waals surface area contributed by atoms with Crippen LogP contribution < -0.4 is 14.8 Å². The van der Waals surface area contributed by atoms with Gasteiger partial charge in [-0.05, 0) is 66.6 Å². The Bertz CT molecular complexity index is 968. The summed E-state index contributed by atoms with van der Waals surface area (Å²) in [6.45, 7) is 6.76. The number of methoxy groups -OCH3 is 2. The van der Waals surface area contributed by atoms with Gasteiger partial charge in [-0.1, -0.05) is 19.9 Å². The van der Waals surface area contributed by atoms with Crippen LogP contribution in [0, 0.1) is 0 Å². The topological polar surface area (TPSA) is 35.4 Å². The van der Waals surface area contributed by atoms with E-state index in [-0.39, 0.29) is 0 Å². The predicted octanol–water partition coefficient (Wildman–Crippen LogP) is 5.24. The van der Waals surface area contributed by atoms with Crippen LogP contribution in [-0.2, 0) is 0 Å². The summed E-state index contributed by atoms with van der Waals surface area (Å²) < 4.78 is 13.2. The molecule has 1 saturated heterocycles. The Kier molecular flexibility index (Phi) is 5.31. The van der Waals surface area contributed by atoms with Gasteiger partial charge in [0.25, 0.3) is 0 Å². The zero-order valence-electron chi connectivity index (χ0n) is 17.3. The number of aromatic nitrogens is 1. The van der Waals surface area contributed by atoms with Crippen LogP contribution in [0.4, 0.5) is 0 Å². The van der Waals surface area contributed by atoms with Crippen molar-refractivity contribution in [3.8, 4) is 17.2 Å². The zero-order valence-corrected chi connectivity index (χ0v) is 17.3. The van der Waals surface area contributed by atoms with Crippen LogP contribution in [0.15, 0.2) is 42.6 Å². The first kappa shape index (κ1) is 18.9. The van der Waals surface area contributed by atoms with Crippen LogP contribution in [0.3, 0.4) is 0 Å². The molecule has 148 valence electrons. The summed E-state index contributed by atoms with van der Waals surface area (Å²) in [5, 5.41) is 4.90. The van der Waals surface area contributed by atoms with E-state index in [0.717, 1.165) is 30.3 Å². The molecule has 0 amide bonds. The third kappa shape index (κ3) is 3.37. The molecule has 1 aromatic heterocycles. The van der Waals surface area contributed by atoms with Crippen molar-refractivity contribution < 1.29 is 9.47 Å². The van der Waals surface area contributed by atoms with Gasteiger partial charge in [-0.2, -0.15) is 0 Å². The Morgan fingerprint density at radius 3 is 2.54 bits per heavy atom. The molecule has 1 N–H and O–H groups in total. The normalized spacial score (nSPS) is 17.2. The van der Waals surface area contributed by atoms with Gasteiger partial charge in [-0.15, -0.1) is 0 Å². The van der Waals surface area contributed by atoms with Gasteiger partial charge in [0, 0.05) is 29.9 Å². The number of piperidine rings is 1. The minimum absolute atomic E-state index is 0.462. The average molecular weight is 379 g/mol. The van der Waals surface area contributed by atoms with Crippen molar-refractivity contribution in [2.24, 2.45) is 0 Å². The van der Waals surface area contributed by atoms with Crippen molar-refractivity contribution in [3.63, 3.8) is 0 Å². The summed E-state index contributed by atoms with van der Waals surface area (Å²) in [7, 11) is 3.35. The van der Waals surface area contributed by atoms with Gasteiger partial charge in [0.05, 0.1) is 19.7 Å². The van der Waals surface area contributed by atoms with E-state index in [1.165, 1.54) is 34.9 Å². The van der Waals surface area contributed by atoms with Crippen molar-refractivity contribution in [1.29, 1.82) is 0 Å². The molecule has 2 heterocycles. The van der Waals surface area contributed by atoms with Crippen molar-refractivity contribution in [1.82, 2.24) is 9.88 Å². The monoisotopic (exact) mass is 378 g/mol. The third-order valence-electron chi connectivity index (χ3n) is 5.89. The highest BCUT2D eigenvalue weighted by Crippen LogP contribution is 2.36. The molecule has 0 radical (unpaired) electrons. The quantitative estimate of drug-likeness (QED) is 0.660. The summed E-state index contributed by atoms with van der Waals surface area (Å²) in [4.78, 5) is 0. The Hall–Kier alpha value is -2.46. The molecule has 4 heteroatoms. The van der Waals surface area contributed by atoms with E-state index < -0.39 is 0 Å². The molecule has 1 aliphatic rings. The van der Waals surface area contributed by atoms with E-state index in [1.807, 2.05) is 12.1 Å². The fraction of sp³-hybridized carbons (Fsp3) is 0.417. The number of nitrogens with zero attached hydrogens (tertiary/aromatic N) is 1. The van der Waals surface area contributed by atoms with Crippen molar-refractivity contribution in [2.75, 3.05) is 27.3 Å². The third-order valence-corrected chi connectivity index (χ3v) is 5.89.